The fourth-order valence-electron chi connectivity index (χ4n) is 1.61. The number of ether oxygens (including phenoxy) is 2. The van der Waals surface area contributed by atoms with Crippen LogP contribution in [0.25, 0.3) is 0 Å². The van der Waals surface area contributed by atoms with E-state index >= 15 is 0 Å². The fraction of sp³-hybridized carbons (Fsp3) is 0.533. The Morgan fingerprint density at radius 1 is 1.26 bits per heavy atom. The molecule has 0 heterocycles. The summed E-state index contributed by atoms with van der Waals surface area (Å²) < 4.78 is 10.3. The molecular weight excluding hydrogens is 242 g/mol. The Labute approximate surface area is 115 Å². The number of anilines is 1. The van der Waals surface area contributed by atoms with Crippen molar-refractivity contribution in [3.8, 4) is 5.75 Å². The molecule has 1 aromatic rings. The molecule has 1 amide bonds. The SMILES string of the molecule is COc1ccc(C(C)(C)C)cc1NC(=O)C(C)OC. The predicted octanol–water partition coefficient (Wildman–Crippen LogP) is 2.97. The van der Waals surface area contributed by atoms with Crippen molar-refractivity contribution in [3.63, 3.8) is 0 Å². The van der Waals surface area contributed by atoms with E-state index in [1.165, 1.54) is 7.11 Å². The molecule has 106 valence electrons. The highest BCUT2D eigenvalue weighted by Crippen LogP contribution is 2.31. The summed E-state index contributed by atoms with van der Waals surface area (Å²) >= 11 is 0. The summed E-state index contributed by atoms with van der Waals surface area (Å²) in [5.41, 5.74) is 1.82. The Morgan fingerprint density at radius 3 is 2.37 bits per heavy atom. The third-order valence-electron chi connectivity index (χ3n) is 3.05. The minimum Gasteiger partial charge on any atom is -0.495 e. The first-order chi connectivity index (χ1) is 8.79. The fourth-order valence-corrected chi connectivity index (χ4v) is 1.61. The van der Waals surface area contributed by atoms with Gasteiger partial charge in [0.25, 0.3) is 5.91 Å². The molecule has 0 aromatic heterocycles. The Balaban J connectivity index is 3.07. The molecule has 1 atom stereocenters. The molecule has 4 nitrogen and oxygen atoms in total. The van der Waals surface area contributed by atoms with Crippen LogP contribution in [-0.4, -0.2) is 26.2 Å². The van der Waals surface area contributed by atoms with Crippen molar-refractivity contribution in [2.24, 2.45) is 0 Å². The zero-order valence-corrected chi connectivity index (χ0v) is 12.5. The van der Waals surface area contributed by atoms with Crippen molar-refractivity contribution in [3.05, 3.63) is 23.8 Å². The molecular formula is C15H23NO3. The minimum atomic E-state index is -0.497. The van der Waals surface area contributed by atoms with Gasteiger partial charge in [0.15, 0.2) is 0 Å². The van der Waals surface area contributed by atoms with E-state index < -0.39 is 6.10 Å². The van der Waals surface area contributed by atoms with Crippen LogP contribution < -0.4 is 10.1 Å². The maximum atomic E-state index is 11.9. The monoisotopic (exact) mass is 265 g/mol. The summed E-state index contributed by atoms with van der Waals surface area (Å²) in [7, 11) is 3.09. The van der Waals surface area contributed by atoms with Gasteiger partial charge in [0.05, 0.1) is 12.8 Å². The smallest absolute Gasteiger partial charge is 0.253 e. The van der Waals surface area contributed by atoms with Gasteiger partial charge in [0, 0.05) is 7.11 Å². The summed E-state index contributed by atoms with van der Waals surface area (Å²) in [4.78, 5) is 11.9. The number of carbonyl (C=O) groups is 1. The van der Waals surface area contributed by atoms with Crippen LogP contribution in [0.5, 0.6) is 5.75 Å². The number of hydrogen-bond donors (Lipinski definition) is 1. The number of hydrogen-bond acceptors (Lipinski definition) is 3. The van der Waals surface area contributed by atoms with E-state index in [2.05, 4.69) is 26.1 Å². The normalized spacial score (nSPS) is 12.9. The first-order valence-corrected chi connectivity index (χ1v) is 6.31. The van der Waals surface area contributed by atoms with Crippen molar-refractivity contribution in [1.82, 2.24) is 0 Å². The van der Waals surface area contributed by atoms with Crippen molar-refractivity contribution < 1.29 is 14.3 Å². The highest BCUT2D eigenvalue weighted by Gasteiger charge is 2.18. The van der Waals surface area contributed by atoms with Gasteiger partial charge in [-0.25, -0.2) is 0 Å². The van der Waals surface area contributed by atoms with Gasteiger partial charge >= 0.3 is 0 Å². The first-order valence-electron chi connectivity index (χ1n) is 6.31. The molecule has 1 rings (SSSR count). The van der Waals surface area contributed by atoms with Gasteiger partial charge in [-0.1, -0.05) is 26.8 Å². The third kappa shape index (κ3) is 3.96. The largest absolute Gasteiger partial charge is 0.495 e. The number of nitrogens with one attached hydrogen (secondary N) is 1. The Kier molecular flexibility index (Phi) is 4.95. The van der Waals surface area contributed by atoms with Crippen molar-refractivity contribution >= 4 is 11.6 Å². The molecule has 19 heavy (non-hydrogen) atoms. The maximum Gasteiger partial charge on any atom is 0.253 e. The maximum absolute atomic E-state index is 11.9. The lowest BCUT2D eigenvalue weighted by molar-refractivity contribution is -0.124. The Bertz CT molecular complexity index is 449. The molecule has 0 fully saturated rings. The lowest BCUT2D eigenvalue weighted by Crippen LogP contribution is -2.27. The van der Waals surface area contributed by atoms with Crippen LogP contribution in [0.15, 0.2) is 18.2 Å². The van der Waals surface area contributed by atoms with Crippen LogP contribution in [0.2, 0.25) is 0 Å². The van der Waals surface area contributed by atoms with Gasteiger partial charge in [0.1, 0.15) is 11.9 Å². The lowest BCUT2D eigenvalue weighted by Gasteiger charge is -2.21. The van der Waals surface area contributed by atoms with E-state index in [0.29, 0.717) is 11.4 Å². The molecule has 0 aliphatic heterocycles. The molecule has 0 bridgehead atoms. The summed E-state index contributed by atoms with van der Waals surface area (Å²) in [6, 6.07) is 5.82. The summed E-state index contributed by atoms with van der Waals surface area (Å²) in [6.07, 6.45) is -0.497. The van der Waals surface area contributed by atoms with Gasteiger partial charge in [-0.2, -0.15) is 0 Å². The van der Waals surface area contributed by atoms with Gasteiger partial charge < -0.3 is 14.8 Å². The standard InChI is InChI=1S/C15H23NO3/c1-10(18-5)14(17)16-12-9-11(15(2,3)4)7-8-13(12)19-6/h7-10H,1-6H3,(H,16,17). The number of benzene rings is 1. The molecule has 1 unspecified atom stereocenters. The molecule has 0 saturated carbocycles. The van der Waals surface area contributed by atoms with Crippen LogP contribution in [0.4, 0.5) is 5.69 Å². The number of amides is 1. The van der Waals surface area contributed by atoms with Crippen molar-refractivity contribution in [2.75, 3.05) is 19.5 Å². The highest BCUT2D eigenvalue weighted by molar-refractivity contribution is 5.95. The summed E-state index contributed by atoms with van der Waals surface area (Å²) in [6.45, 7) is 8.07. The molecule has 1 N–H and O–H groups in total. The molecule has 0 aliphatic carbocycles. The Morgan fingerprint density at radius 2 is 1.89 bits per heavy atom. The number of methoxy groups -OCH3 is 2. The quantitative estimate of drug-likeness (QED) is 0.910. The summed E-state index contributed by atoms with van der Waals surface area (Å²) in [5, 5.41) is 2.84. The molecule has 0 radical (unpaired) electrons. The van der Waals surface area contributed by atoms with Gasteiger partial charge in [0.2, 0.25) is 0 Å². The highest BCUT2D eigenvalue weighted by atomic mass is 16.5. The van der Waals surface area contributed by atoms with E-state index in [1.54, 1.807) is 14.0 Å². The number of carbonyl (C=O) groups excluding carboxylic acids is 1. The molecule has 4 heteroatoms. The average molecular weight is 265 g/mol. The number of rotatable bonds is 4. The minimum absolute atomic E-state index is 0.0125. The average Bonchev–Trinajstić information content (AvgIpc) is 2.36. The second-order valence-electron chi connectivity index (χ2n) is 5.53. The van der Waals surface area contributed by atoms with Crippen LogP contribution in [0.1, 0.15) is 33.3 Å². The van der Waals surface area contributed by atoms with E-state index in [0.717, 1.165) is 5.56 Å². The van der Waals surface area contributed by atoms with Crippen LogP contribution >= 0.6 is 0 Å². The second-order valence-corrected chi connectivity index (χ2v) is 5.53. The second kappa shape index (κ2) is 6.06. The van der Waals surface area contributed by atoms with Crippen LogP contribution in [-0.2, 0) is 14.9 Å². The predicted molar refractivity (Wildman–Crippen MR) is 76.8 cm³/mol. The van der Waals surface area contributed by atoms with Crippen LogP contribution in [0, 0.1) is 0 Å². The summed E-state index contributed by atoms with van der Waals surface area (Å²) in [5.74, 6) is 0.455. The third-order valence-corrected chi connectivity index (χ3v) is 3.05. The first kappa shape index (κ1) is 15.5. The van der Waals surface area contributed by atoms with Crippen LogP contribution in [0.3, 0.4) is 0 Å². The van der Waals surface area contributed by atoms with Gasteiger partial charge in [-0.15, -0.1) is 0 Å². The van der Waals surface area contributed by atoms with E-state index in [1.807, 2.05) is 18.2 Å². The van der Waals surface area contributed by atoms with Crippen molar-refractivity contribution in [1.29, 1.82) is 0 Å². The zero-order valence-electron chi connectivity index (χ0n) is 12.5. The van der Waals surface area contributed by atoms with E-state index in [-0.39, 0.29) is 11.3 Å². The van der Waals surface area contributed by atoms with E-state index in [4.69, 9.17) is 9.47 Å². The van der Waals surface area contributed by atoms with Gasteiger partial charge in [-0.3, -0.25) is 4.79 Å². The molecule has 1 aromatic carbocycles. The molecule has 0 saturated heterocycles. The Hall–Kier alpha value is -1.55. The molecule has 0 aliphatic rings. The van der Waals surface area contributed by atoms with E-state index in [9.17, 15) is 4.79 Å². The van der Waals surface area contributed by atoms with Gasteiger partial charge in [-0.05, 0) is 30.0 Å². The topological polar surface area (TPSA) is 47.6 Å². The molecule has 0 spiro atoms. The zero-order chi connectivity index (χ0) is 14.6. The lowest BCUT2D eigenvalue weighted by atomic mass is 9.87. The van der Waals surface area contributed by atoms with Crippen molar-refractivity contribution in [2.45, 2.75) is 39.2 Å².